The van der Waals surface area contributed by atoms with Gasteiger partial charge in [-0.3, -0.25) is 9.48 Å². The third-order valence-corrected chi connectivity index (χ3v) is 6.31. The van der Waals surface area contributed by atoms with E-state index in [2.05, 4.69) is 20.8 Å². The summed E-state index contributed by atoms with van der Waals surface area (Å²) in [5, 5.41) is 14.4. The van der Waals surface area contributed by atoms with Gasteiger partial charge in [-0.2, -0.15) is 23.4 Å². The molecule has 0 bridgehead atoms. The van der Waals surface area contributed by atoms with Gasteiger partial charge in [0, 0.05) is 24.3 Å². The maximum Gasteiger partial charge on any atom is 0.410 e. The highest BCUT2D eigenvalue weighted by Crippen LogP contribution is 2.45. The number of hydrogen-bond donors (Lipinski definition) is 2. The van der Waals surface area contributed by atoms with E-state index < -0.39 is 18.1 Å². The summed E-state index contributed by atoms with van der Waals surface area (Å²) in [7, 11) is 0. The summed E-state index contributed by atoms with van der Waals surface area (Å²) >= 11 is 0. The van der Waals surface area contributed by atoms with E-state index in [1.807, 2.05) is 32.4 Å². The standard InChI is InChI=1S/C20H27F3N6O/c1-10(28-13(4)11(2)12(3)26-28)9-24-19(30)16-8-18-25-15(14-5-6-14)7-17(20(21,22)23)29(18)27-16/h8,10,14-15,17,25H,5-7,9H2,1-4H3,(H,24,30)/t10-,15+,17-/m1/s1. The molecule has 2 aromatic rings. The van der Waals surface area contributed by atoms with E-state index in [1.54, 1.807) is 0 Å². The topological polar surface area (TPSA) is 76.8 Å². The Kier molecular flexibility index (Phi) is 5.06. The minimum absolute atomic E-state index is 0.0139. The number of hydrogen-bond acceptors (Lipinski definition) is 4. The second kappa shape index (κ2) is 7.31. The molecule has 0 aromatic carbocycles. The van der Waals surface area contributed by atoms with E-state index in [4.69, 9.17) is 0 Å². The Labute approximate surface area is 173 Å². The lowest BCUT2D eigenvalue weighted by Gasteiger charge is -2.33. The SMILES string of the molecule is Cc1nn([C@H](C)CNC(=O)c2cc3n(n2)[C@@H](C(F)(F)F)C[C@@H](C2CC2)N3)c(C)c1C. The summed E-state index contributed by atoms with van der Waals surface area (Å²) in [6.07, 6.45) is -2.59. The molecule has 164 valence electrons. The van der Waals surface area contributed by atoms with Crippen LogP contribution in [0, 0.1) is 26.7 Å². The number of nitrogens with one attached hydrogen (secondary N) is 2. The van der Waals surface area contributed by atoms with Crippen LogP contribution >= 0.6 is 0 Å². The molecule has 1 fully saturated rings. The molecular weight excluding hydrogens is 397 g/mol. The zero-order chi connectivity index (χ0) is 21.8. The number of nitrogens with zero attached hydrogens (tertiary/aromatic N) is 4. The molecule has 7 nitrogen and oxygen atoms in total. The number of rotatable bonds is 5. The van der Waals surface area contributed by atoms with Crippen molar-refractivity contribution in [3.05, 3.63) is 28.7 Å². The van der Waals surface area contributed by atoms with Crippen LogP contribution in [0.3, 0.4) is 0 Å². The Morgan fingerprint density at radius 1 is 1.30 bits per heavy atom. The smallest absolute Gasteiger partial charge is 0.367 e. The van der Waals surface area contributed by atoms with Crippen LogP contribution in [0.25, 0.3) is 0 Å². The fourth-order valence-corrected chi connectivity index (χ4v) is 4.11. The van der Waals surface area contributed by atoms with Gasteiger partial charge >= 0.3 is 6.18 Å². The zero-order valence-electron chi connectivity index (χ0n) is 17.5. The van der Waals surface area contributed by atoms with Crippen molar-refractivity contribution in [3.8, 4) is 0 Å². The van der Waals surface area contributed by atoms with Crippen molar-refractivity contribution in [1.29, 1.82) is 0 Å². The van der Waals surface area contributed by atoms with Crippen LogP contribution in [0.1, 0.15) is 65.7 Å². The first-order valence-corrected chi connectivity index (χ1v) is 10.3. The van der Waals surface area contributed by atoms with E-state index in [9.17, 15) is 18.0 Å². The average molecular weight is 424 g/mol. The molecule has 3 atom stereocenters. The number of aryl methyl sites for hydroxylation is 1. The van der Waals surface area contributed by atoms with Crippen molar-refractivity contribution in [2.24, 2.45) is 5.92 Å². The first kappa shape index (κ1) is 20.7. The number of halogens is 3. The van der Waals surface area contributed by atoms with Gasteiger partial charge in [-0.15, -0.1) is 0 Å². The lowest BCUT2D eigenvalue weighted by molar-refractivity contribution is -0.174. The minimum Gasteiger partial charge on any atom is -0.367 e. The molecule has 3 heterocycles. The molecule has 1 aliphatic carbocycles. The Bertz CT molecular complexity index is 959. The van der Waals surface area contributed by atoms with E-state index in [0.717, 1.165) is 34.5 Å². The lowest BCUT2D eigenvalue weighted by atomic mass is 10.0. The molecule has 2 N–H and O–H groups in total. The van der Waals surface area contributed by atoms with Crippen LogP contribution in [-0.4, -0.2) is 44.2 Å². The summed E-state index contributed by atoms with van der Waals surface area (Å²) < 4.78 is 43.6. The molecule has 30 heavy (non-hydrogen) atoms. The normalized spacial score (nSPS) is 22.4. The molecule has 10 heteroatoms. The zero-order valence-corrected chi connectivity index (χ0v) is 17.5. The fraction of sp³-hybridized carbons (Fsp3) is 0.650. The highest BCUT2D eigenvalue weighted by molar-refractivity contribution is 5.93. The van der Waals surface area contributed by atoms with Gasteiger partial charge in [0.15, 0.2) is 11.7 Å². The van der Waals surface area contributed by atoms with Gasteiger partial charge in [0.2, 0.25) is 0 Å². The Morgan fingerprint density at radius 2 is 2.00 bits per heavy atom. The van der Waals surface area contributed by atoms with Crippen LogP contribution in [0.15, 0.2) is 6.07 Å². The molecule has 0 saturated heterocycles. The Hall–Kier alpha value is -2.52. The molecule has 2 aliphatic rings. The van der Waals surface area contributed by atoms with Crippen LogP contribution < -0.4 is 10.6 Å². The predicted octanol–water partition coefficient (Wildman–Crippen LogP) is 3.69. The van der Waals surface area contributed by atoms with Crippen LogP contribution in [-0.2, 0) is 0 Å². The molecule has 1 amide bonds. The number of carbonyl (C=O) groups excluding carboxylic acids is 1. The van der Waals surface area contributed by atoms with Gasteiger partial charge in [0.25, 0.3) is 5.91 Å². The van der Waals surface area contributed by atoms with Gasteiger partial charge < -0.3 is 10.6 Å². The quantitative estimate of drug-likeness (QED) is 0.768. The number of aromatic nitrogens is 4. The average Bonchev–Trinajstić information content (AvgIpc) is 3.39. The number of carbonyl (C=O) groups is 1. The number of anilines is 1. The van der Waals surface area contributed by atoms with Crippen LogP contribution in [0.4, 0.5) is 19.0 Å². The molecule has 4 rings (SSSR count). The van der Waals surface area contributed by atoms with Crippen molar-refractivity contribution in [1.82, 2.24) is 24.9 Å². The van der Waals surface area contributed by atoms with Crippen LogP contribution in [0.5, 0.6) is 0 Å². The predicted molar refractivity (Wildman–Crippen MR) is 106 cm³/mol. The van der Waals surface area contributed by atoms with Crippen molar-refractivity contribution in [2.45, 2.75) is 71.3 Å². The van der Waals surface area contributed by atoms with Gasteiger partial charge in [0.1, 0.15) is 5.82 Å². The maximum atomic E-state index is 13.6. The minimum atomic E-state index is -4.41. The summed E-state index contributed by atoms with van der Waals surface area (Å²) in [4.78, 5) is 12.6. The molecule has 0 spiro atoms. The molecule has 1 saturated carbocycles. The van der Waals surface area contributed by atoms with Gasteiger partial charge in [-0.25, -0.2) is 4.68 Å². The first-order valence-electron chi connectivity index (χ1n) is 10.3. The van der Waals surface area contributed by atoms with Gasteiger partial charge in [0.05, 0.1) is 11.7 Å². The third-order valence-electron chi connectivity index (χ3n) is 6.31. The number of alkyl halides is 3. The van der Waals surface area contributed by atoms with Gasteiger partial charge in [-0.1, -0.05) is 0 Å². The van der Waals surface area contributed by atoms with Crippen molar-refractivity contribution < 1.29 is 18.0 Å². The highest BCUT2D eigenvalue weighted by atomic mass is 19.4. The molecule has 0 unspecified atom stereocenters. The number of amides is 1. The van der Waals surface area contributed by atoms with Crippen molar-refractivity contribution in [3.63, 3.8) is 0 Å². The largest absolute Gasteiger partial charge is 0.410 e. The highest BCUT2D eigenvalue weighted by Gasteiger charge is 2.49. The second-order valence-corrected chi connectivity index (χ2v) is 8.54. The Balaban J connectivity index is 1.48. The molecule has 0 radical (unpaired) electrons. The maximum absolute atomic E-state index is 13.6. The van der Waals surface area contributed by atoms with Crippen LogP contribution in [0.2, 0.25) is 0 Å². The third kappa shape index (κ3) is 3.79. The van der Waals surface area contributed by atoms with E-state index in [-0.39, 0.29) is 35.9 Å². The summed E-state index contributed by atoms with van der Waals surface area (Å²) in [6.45, 7) is 8.12. The van der Waals surface area contributed by atoms with Crippen molar-refractivity contribution >= 4 is 11.7 Å². The fourth-order valence-electron chi connectivity index (χ4n) is 4.11. The second-order valence-electron chi connectivity index (χ2n) is 8.54. The lowest BCUT2D eigenvalue weighted by Crippen LogP contribution is -2.40. The van der Waals surface area contributed by atoms with E-state index in [1.165, 1.54) is 6.07 Å². The van der Waals surface area contributed by atoms with Gasteiger partial charge in [-0.05, 0) is 58.4 Å². The van der Waals surface area contributed by atoms with E-state index in [0.29, 0.717) is 6.54 Å². The Morgan fingerprint density at radius 3 is 2.57 bits per heavy atom. The van der Waals surface area contributed by atoms with Crippen molar-refractivity contribution in [2.75, 3.05) is 11.9 Å². The summed E-state index contributed by atoms with van der Waals surface area (Å²) in [5.41, 5.74) is 3.04. The molecule has 2 aromatic heterocycles. The monoisotopic (exact) mass is 424 g/mol. The van der Waals surface area contributed by atoms with E-state index >= 15 is 0 Å². The summed E-state index contributed by atoms with van der Waals surface area (Å²) in [5.74, 6) is 0.0291. The first-order chi connectivity index (χ1) is 14.1. The molecular formula is C20H27F3N6O. The number of fused-ring (bicyclic) bond motifs is 1. The molecule has 1 aliphatic heterocycles. The summed E-state index contributed by atoms with van der Waals surface area (Å²) in [6, 6.07) is -0.622.